The first-order chi connectivity index (χ1) is 7.24. The van der Waals surface area contributed by atoms with E-state index in [1.54, 1.807) is 12.4 Å². The fourth-order valence-electron chi connectivity index (χ4n) is 1.22. The minimum Gasteiger partial charge on any atom is -0.352 e. The van der Waals surface area contributed by atoms with Crippen molar-refractivity contribution in [2.45, 2.75) is 20.3 Å². The third-order valence-corrected chi connectivity index (χ3v) is 1.97. The topological polar surface area (TPSA) is 42.0 Å². The van der Waals surface area contributed by atoms with E-state index in [2.05, 4.69) is 10.3 Å². The molecule has 0 saturated heterocycles. The molecule has 0 saturated carbocycles. The molecule has 1 aromatic rings. The summed E-state index contributed by atoms with van der Waals surface area (Å²) < 4.78 is 0. The Balaban J connectivity index is 2.47. The standard InChI is InChI=1S/C12H16N2O/c1-3-4-5-6-14-12(15)11-7-10(2)8-13-9-11/h3-4,7-9H,5-6H2,1-2H3,(H,14,15)/b4-3+. The summed E-state index contributed by atoms with van der Waals surface area (Å²) >= 11 is 0. The number of aromatic nitrogens is 1. The number of hydrogen-bond acceptors (Lipinski definition) is 2. The predicted molar refractivity (Wildman–Crippen MR) is 60.7 cm³/mol. The minimum absolute atomic E-state index is 0.0595. The van der Waals surface area contributed by atoms with Crippen LogP contribution in [0.15, 0.2) is 30.6 Å². The summed E-state index contributed by atoms with van der Waals surface area (Å²) in [6.07, 6.45) is 8.17. The number of nitrogens with zero attached hydrogens (tertiary/aromatic N) is 1. The Bertz CT molecular complexity index is 358. The first kappa shape index (κ1) is 11.4. The Hall–Kier alpha value is -1.64. The van der Waals surface area contributed by atoms with Crippen molar-refractivity contribution >= 4 is 5.91 Å². The number of nitrogens with one attached hydrogen (secondary N) is 1. The van der Waals surface area contributed by atoms with Crippen LogP contribution < -0.4 is 5.32 Å². The molecule has 0 aliphatic heterocycles. The molecular weight excluding hydrogens is 188 g/mol. The van der Waals surface area contributed by atoms with E-state index in [1.165, 1.54) is 0 Å². The molecular formula is C12H16N2O. The molecule has 1 rings (SSSR count). The van der Waals surface area contributed by atoms with Crippen LogP contribution >= 0.6 is 0 Å². The number of rotatable bonds is 4. The summed E-state index contributed by atoms with van der Waals surface area (Å²) in [6.45, 7) is 4.55. The Morgan fingerprint density at radius 1 is 1.53 bits per heavy atom. The molecule has 0 unspecified atom stereocenters. The number of pyridine rings is 1. The highest BCUT2D eigenvalue weighted by Crippen LogP contribution is 2.00. The first-order valence-corrected chi connectivity index (χ1v) is 5.05. The van der Waals surface area contributed by atoms with Crippen molar-refractivity contribution in [3.05, 3.63) is 41.7 Å². The van der Waals surface area contributed by atoms with Crippen molar-refractivity contribution in [2.24, 2.45) is 0 Å². The van der Waals surface area contributed by atoms with Gasteiger partial charge in [-0.1, -0.05) is 12.2 Å². The summed E-state index contributed by atoms with van der Waals surface area (Å²) in [5.74, 6) is -0.0595. The molecule has 0 aliphatic carbocycles. The molecule has 1 heterocycles. The van der Waals surface area contributed by atoms with Crippen LogP contribution in [-0.4, -0.2) is 17.4 Å². The van der Waals surface area contributed by atoms with Crippen molar-refractivity contribution in [2.75, 3.05) is 6.54 Å². The van der Waals surface area contributed by atoms with Crippen molar-refractivity contribution in [3.63, 3.8) is 0 Å². The number of carbonyl (C=O) groups is 1. The maximum absolute atomic E-state index is 11.6. The second-order valence-corrected chi connectivity index (χ2v) is 3.36. The lowest BCUT2D eigenvalue weighted by molar-refractivity contribution is 0.0954. The molecule has 0 spiro atoms. The third kappa shape index (κ3) is 3.94. The molecule has 0 aromatic carbocycles. The zero-order valence-electron chi connectivity index (χ0n) is 9.16. The van der Waals surface area contributed by atoms with Gasteiger partial charge in [0.2, 0.25) is 0 Å². The van der Waals surface area contributed by atoms with Gasteiger partial charge in [0.25, 0.3) is 5.91 Å². The summed E-state index contributed by atoms with van der Waals surface area (Å²) in [5, 5.41) is 2.83. The number of carbonyl (C=O) groups excluding carboxylic acids is 1. The van der Waals surface area contributed by atoms with Gasteiger partial charge in [0.15, 0.2) is 0 Å². The van der Waals surface area contributed by atoms with Crippen LogP contribution in [0.2, 0.25) is 0 Å². The van der Waals surface area contributed by atoms with Crippen molar-refractivity contribution in [1.29, 1.82) is 0 Å². The maximum atomic E-state index is 11.6. The van der Waals surface area contributed by atoms with Crippen LogP contribution in [0.5, 0.6) is 0 Å². The van der Waals surface area contributed by atoms with E-state index in [0.29, 0.717) is 12.1 Å². The first-order valence-electron chi connectivity index (χ1n) is 5.05. The van der Waals surface area contributed by atoms with Gasteiger partial charge in [0.05, 0.1) is 5.56 Å². The fourth-order valence-corrected chi connectivity index (χ4v) is 1.22. The molecule has 80 valence electrons. The van der Waals surface area contributed by atoms with Gasteiger partial charge in [-0.25, -0.2) is 0 Å². The van der Waals surface area contributed by atoms with E-state index in [-0.39, 0.29) is 5.91 Å². The van der Waals surface area contributed by atoms with Crippen molar-refractivity contribution < 1.29 is 4.79 Å². The molecule has 0 fully saturated rings. The van der Waals surface area contributed by atoms with E-state index in [9.17, 15) is 4.79 Å². The predicted octanol–water partition coefficient (Wildman–Crippen LogP) is 2.09. The summed E-state index contributed by atoms with van der Waals surface area (Å²) in [5.41, 5.74) is 1.62. The van der Waals surface area contributed by atoms with Gasteiger partial charge in [-0.2, -0.15) is 0 Å². The molecule has 1 aromatic heterocycles. The molecule has 0 atom stereocenters. The molecule has 1 amide bonds. The molecule has 15 heavy (non-hydrogen) atoms. The maximum Gasteiger partial charge on any atom is 0.252 e. The average molecular weight is 204 g/mol. The van der Waals surface area contributed by atoms with Crippen LogP contribution in [-0.2, 0) is 0 Å². The molecule has 1 N–H and O–H groups in total. The van der Waals surface area contributed by atoms with Crippen molar-refractivity contribution in [1.82, 2.24) is 10.3 Å². The molecule has 0 radical (unpaired) electrons. The Morgan fingerprint density at radius 3 is 3.00 bits per heavy atom. The zero-order chi connectivity index (χ0) is 11.1. The highest BCUT2D eigenvalue weighted by Gasteiger charge is 2.03. The minimum atomic E-state index is -0.0595. The van der Waals surface area contributed by atoms with Gasteiger partial charge in [-0.05, 0) is 31.9 Å². The normalized spacial score (nSPS) is 10.5. The number of amides is 1. The lowest BCUT2D eigenvalue weighted by Crippen LogP contribution is -2.24. The SMILES string of the molecule is C/C=C/CCNC(=O)c1cncc(C)c1. The summed E-state index contributed by atoms with van der Waals surface area (Å²) in [4.78, 5) is 15.6. The van der Waals surface area contributed by atoms with Gasteiger partial charge < -0.3 is 5.32 Å². The summed E-state index contributed by atoms with van der Waals surface area (Å²) in [6, 6.07) is 1.83. The molecule has 0 bridgehead atoms. The van der Waals surface area contributed by atoms with Crippen LogP contribution in [0.1, 0.15) is 29.3 Å². The monoisotopic (exact) mass is 204 g/mol. The largest absolute Gasteiger partial charge is 0.352 e. The highest BCUT2D eigenvalue weighted by molar-refractivity contribution is 5.93. The lowest BCUT2D eigenvalue weighted by Gasteiger charge is -2.03. The third-order valence-electron chi connectivity index (χ3n) is 1.97. The fraction of sp³-hybridized carbons (Fsp3) is 0.333. The van der Waals surface area contributed by atoms with Gasteiger partial charge >= 0.3 is 0 Å². The Kier molecular flexibility index (Phi) is 4.54. The smallest absolute Gasteiger partial charge is 0.252 e. The van der Waals surface area contributed by atoms with Crippen LogP contribution in [0, 0.1) is 6.92 Å². The van der Waals surface area contributed by atoms with E-state index in [1.807, 2.05) is 32.1 Å². The number of hydrogen-bond donors (Lipinski definition) is 1. The van der Waals surface area contributed by atoms with E-state index in [0.717, 1.165) is 12.0 Å². The van der Waals surface area contributed by atoms with Crippen LogP contribution in [0.25, 0.3) is 0 Å². The van der Waals surface area contributed by atoms with Gasteiger partial charge in [0.1, 0.15) is 0 Å². The lowest BCUT2D eigenvalue weighted by atomic mass is 10.2. The van der Waals surface area contributed by atoms with Gasteiger partial charge in [0, 0.05) is 18.9 Å². The van der Waals surface area contributed by atoms with Gasteiger partial charge in [-0.15, -0.1) is 0 Å². The molecule has 3 nitrogen and oxygen atoms in total. The van der Waals surface area contributed by atoms with E-state index < -0.39 is 0 Å². The molecule has 3 heteroatoms. The summed E-state index contributed by atoms with van der Waals surface area (Å²) in [7, 11) is 0. The van der Waals surface area contributed by atoms with E-state index in [4.69, 9.17) is 0 Å². The zero-order valence-corrected chi connectivity index (χ0v) is 9.16. The number of allylic oxidation sites excluding steroid dienone is 1. The Labute approximate surface area is 90.2 Å². The van der Waals surface area contributed by atoms with Crippen LogP contribution in [0.3, 0.4) is 0 Å². The quantitative estimate of drug-likeness (QED) is 0.602. The van der Waals surface area contributed by atoms with E-state index >= 15 is 0 Å². The second kappa shape index (κ2) is 5.96. The van der Waals surface area contributed by atoms with Gasteiger partial charge in [-0.3, -0.25) is 9.78 Å². The highest BCUT2D eigenvalue weighted by atomic mass is 16.1. The van der Waals surface area contributed by atoms with Crippen molar-refractivity contribution in [3.8, 4) is 0 Å². The molecule has 0 aliphatic rings. The Morgan fingerprint density at radius 2 is 2.33 bits per heavy atom. The number of aryl methyl sites for hydroxylation is 1. The van der Waals surface area contributed by atoms with Crippen LogP contribution in [0.4, 0.5) is 0 Å². The second-order valence-electron chi connectivity index (χ2n) is 3.36. The average Bonchev–Trinajstić information content (AvgIpc) is 2.24.